The summed E-state index contributed by atoms with van der Waals surface area (Å²) in [6.07, 6.45) is 1.66. The third kappa shape index (κ3) is 3.57. The number of piperidine rings is 1. The maximum atomic E-state index is 11.6. The van der Waals surface area contributed by atoms with Crippen LogP contribution in [0.2, 0.25) is 10.0 Å². The molecule has 0 aromatic heterocycles. The number of phenols is 1. The van der Waals surface area contributed by atoms with Crippen LogP contribution in [-0.4, -0.2) is 36.1 Å². The van der Waals surface area contributed by atoms with Gasteiger partial charge in [-0.15, -0.1) is 0 Å². The third-order valence-electron chi connectivity index (χ3n) is 3.71. The molecule has 0 radical (unpaired) electrons. The van der Waals surface area contributed by atoms with Gasteiger partial charge in [-0.05, 0) is 38.1 Å². The molecular weight excluding hydrogens is 299 g/mol. The van der Waals surface area contributed by atoms with Crippen LogP contribution in [0.1, 0.15) is 18.4 Å². The van der Waals surface area contributed by atoms with Crippen LogP contribution >= 0.6 is 23.2 Å². The first kappa shape index (κ1) is 15.4. The van der Waals surface area contributed by atoms with Crippen molar-refractivity contribution < 1.29 is 9.90 Å². The number of carbonyl (C=O) groups is 1. The topological polar surface area (TPSA) is 52.6 Å². The third-order valence-corrected chi connectivity index (χ3v) is 4.21. The predicted octanol–water partition coefficient (Wildman–Crippen LogP) is 2.66. The summed E-state index contributed by atoms with van der Waals surface area (Å²) in [4.78, 5) is 13.8. The van der Waals surface area contributed by atoms with Crippen LogP contribution in [0.25, 0.3) is 0 Å². The van der Waals surface area contributed by atoms with Crippen LogP contribution in [0.5, 0.6) is 5.75 Å². The van der Waals surface area contributed by atoms with E-state index in [1.807, 2.05) is 0 Å². The highest BCUT2D eigenvalue weighted by Crippen LogP contribution is 2.32. The highest BCUT2D eigenvalue weighted by atomic mass is 35.5. The van der Waals surface area contributed by atoms with Crippen LogP contribution in [0.3, 0.4) is 0 Å². The largest absolute Gasteiger partial charge is 0.506 e. The lowest BCUT2D eigenvalue weighted by Crippen LogP contribution is -2.39. The molecule has 0 spiro atoms. The van der Waals surface area contributed by atoms with Crippen molar-refractivity contribution in [1.82, 2.24) is 10.2 Å². The van der Waals surface area contributed by atoms with Crippen molar-refractivity contribution in [3.63, 3.8) is 0 Å². The van der Waals surface area contributed by atoms with Crippen LogP contribution in [-0.2, 0) is 11.3 Å². The Bertz CT molecular complexity index is 500. The number of likely N-dealkylation sites (tertiary alicyclic amines) is 1. The molecule has 1 saturated heterocycles. The summed E-state index contributed by atoms with van der Waals surface area (Å²) in [5.41, 5.74) is 0.723. The first-order chi connectivity index (χ1) is 9.51. The van der Waals surface area contributed by atoms with Gasteiger partial charge < -0.3 is 10.4 Å². The fraction of sp³-hybridized carbons (Fsp3) is 0.500. The highest BCUT2D eigenvalue weighted by molar-refractivity contribution is 6.35. The maximum Gasteiger partial charge on any atom is 0.222 e. The number of hydrogen-bond donors (Lipinski definition) is 2. The molecule has 1 aromatic carbocycles. The summed E-state index contributed by atoms with van der Waals surface area (Å²) in [5.74, 6) is 0.288. The summed E-state index contributed by atoms with van der Waals surface area (Å²) < 4.78 is 0. The lowest BCUT2D eigenvalue weighted by atomic mass is 9.95. The molecular formula is C14H18Cl2N2O2. The van der Waals surface area contributed by atoms with E-state index in [1.54, 1.807) is 13.1 Å². The number of carbonyl (C=O) groups excluding carboxylic acids is 1. The maximum absolute atomic E-state index is 11.6. The molecule has 1 heterocycles. The molecule has 1 fully saturated rings. The van der Waals surface area contributed by atoms with E-state index in [0.717, 1.165) is 31.5 Å². The number of aromatic hydroxyl groups is 1. The SMILES string of the molecule is CNC(=O)C1CCN(Cc2cc(Cl)cc(Cl)c2O)CC1. The van der Waals surface area contributed by atoms with Crippen molar-refractivity contribution in [1.29, 1.82) is 0 Å². The molecule has 0 atom stereocenters. The van der Waals surface area contributed by atoms with Gasteiger partial charge in [-0.25, -0.2) is 0 Å². The molecule has 0 aliphatic carbocycles. The molecule has 110 valence electrons. The Morgan fingerprint density at radius 2 is 2.05 bits per heavy atom. The zero-order chi connectivity index (χ0) is 14.7. The van der Waals surface area contributed by atoms with Gasteiger partial charge in [0.1, 0.15) is 5.75 Å². The van der Waals surface area contributed by atoms with Crippen LogP contribution in [0.4, 0.5) is 0 Å². The number of benzene rings is 1. The van der Waals surface area contributed by atoms with Crippen molar-refractivity contribution >= 4 is 29.1 Å². The monoisotopic (exact) mass is 316 g/mol. The van der Waals surface area contributed by atoms with E-state index < -0.39 is 0 Å². The van der Waals surface area contributed by atoms with Gasteiger partial charge in [-0.2, -0.15) is 0 Å². The Labute approximate surface area is 128 Å². The normalized spacial score (nSPS) is 17.1. The van der Waals surface area contributed by atoms with E-state index >= 15 is 0 Å². The summed E-state index contributed by atoms with van der Waals surface area (Å²) in [5, 5.41) is 13.4. The summed E-state index contributed by atoms with van der Waals surface area (Å²) in [6, 6.07) is 3.26. The molecule has 2 rings (SSSR count). The summed E-state index contributed by atoms with van der Waals surface area (Å²) in [7, 11) is 1.67. The molecule has 20 heavy (non-hydrogen) atoms. The molecule has 0 bridgehead atoms. The van der Waals surface area contributed by atoms with Gasteiger partial charge in [0.25, 0.3) is 0 Å². The molecule has 1 aromatic rings. The fourth-order valence-electron chi connectivity index (χ4n) is 2.54. The Morgan fingerprint density at radius 1 is 1.40 bits per heavy atom. The minimum atomic E-state index is 0.0875. The van der Waals surface area contributed by atoms with E-state index in [1.165, 1.54) is 6.07 Å². The van der Waals surface area contributed by atoms with Gasteiger partial charge in [0.05, 0.1) is 5.02 Å². The van der Waals surface area contributed by atoms with Gasteiger partial charge in [0, 0.05) is 30.1 Å². The Kier molecular flexibility index (Phi) is 5.13. The van der Waals surface area contributed by atoms with Crippen molar-refractivity contribution in [2.24, 2.45) is 5.92 Å². The fourth-order valence-corrected chi connectivity index (χ4v) is 3.07. The van der Waals surface area contributed by atoms with Gasteiger partial charge in [0.2, 0.25) is 5.91 Å². The van der Waals surface area contributed by atoms with Gasteiger partial charge in [0.15, 0.2) is 0 Å². The van der Waals surface area contributed by atoms with Crippen molar-refractivity contribution in [3.05, 3.63) is 27.7 Å². The minimum absolute atomic E-state index is 0.0875. The average molecular weight is 317 g/mol. The summed E-state index contributed by atoms with van der Waals surface area (Å²) >= 11 is 11.9. The molecule has 1 amide bonds. The molecule has 1 aliphatic rings. The zero-order valence-corrected chi connectivity index (χ0v) is 12.8. The number of amides is 1. The number of phenolic OH excluding ortho intramolecular Hbond substituents is 1. The molecule has 6 heteroatoms. The zero-order valence-electron chi connectivity index (χ0n) is 11.3. The summed E-state index contributed by atoms with van der Waals surface area (Å²) in [6.45, 7) is 2.23. The first-order valence-electron chi connectivity index (χ1n) is 6.62. The Morgan fingerprint density at radius 3 is 2.65 bits per heavy atom. The van der Waals surface area contributed by atoms with E-state index in [2.05, 4.69) is 10.2 Å². The van der Waals surface area contributed by atoms with Crippen molar-refractivity contribution in [3.8, 4) is 5.75 Å². The van der Waals surface area contributed by atoms with E-state index in [9.17, 15) is 9.90 Å². The van der Waals surface area contributed by atoms with Gasteiger partial charge >= 0.3 is 0 Å². The molecule has 0 unspecified atom stereocenters. The highest BCUT2D eigenvalue weighted by Gasteiger charge is 2.24. The lowest BCUT2D eigenvalue weighted by Gasteiger charge is -2.31. The first-order valence-corrected chi connectivity index (χ1v) is 7.37. The Hall–Kier alpha value is -0.970. The van der Waals surface area contributed by atoms with Crippen molar-refractivity contribution in [2.75, 3.05) is 20.1 Å². The molecule has 1 aliphatic heterocycles. The standard InChI is InChI=1S/C14H18Cl2N2O2/c1-17-14(20)9-2-4-18(5-3-9)8-10-6-11(15)7-12(16)13(10)19/h6-7,9,19H,2-5,8H2,1H3,(H,17,20). The Balaban J connectivity index is 1.98. The van der Waals surface area contributed by atoms with Gasteiger partial charge in [-0.1, -0.05) is 23.2 Å². The quantitative estimate of drug-likeness (QED) is 0.901. The minimum Gasteiger partial charge on any atom is -0.506 e. The molecule has 2 N–H and O–H groups in total. The van der Waals surface area contributed by atoms with Crippen molar-refractivity contribution in [2.45, 2.75) is 19.4 Å². The van der Waals surface area contributed by atoms with E-state index in [0.29, 0.717) is 11.6 Å². The number of nitrogens with zero attached hydrogens (tertiary/aromatic N) is 1. The molecule has 0 saturated carbocycles. The van der Waals surface area contributed by atoms with E-state index in [-0.39, 0.29) is 22.6 Å². The average Bonchev–Trinajstić information content (AvgIpc) is 2.44. The second-order valence-corrected chi connectivity index (χ2v) is 5.90. The second kappa shape index (κ2) is 6.66. The lowest BCUT2D eigenvalue weighted by molar-refractivity contribution is -0.125. The predicted molar refractivity (Wildman–Crippen MR) is 80.2 cm³/mol. The van der Waals surface area contributed by atoms with E-state index in [4.69, 9.17) is 23.2 Å². The second-order valence-electron chi connectivity index (χ2n) is 5.06. The number of hydrogen-bond acceptors (Lipinski definition) is 3. The smallest absolute Gasteiger partial charge is 0.222 e. The number of rotatable bonds is 3. The molecule has 4 nitrogen and oxygen atoms in total. The number of nitrogens with one attached hydrogen (secondary N) is 1. The van der Waals surface area contributed by atoms with Crippen LogP contribution in [0, 0.1) is 5.92 Å². The van der Waals surface area contributed by atoms with Crippen LogP contribution in [0.15, 0.2) is 12.1 Å². The van der Waals surface area contributed by atoms with Crippen LogP contribution < -0.4 is 5.32 Å². The number of halogens is 2. The van der Waals surface area contributed by atoms with Gasteiger partial charge in [-0.3, -0.25) is 9.69 Å².